The summed E-state index contributed by atoms with van der Waals surface area (Å²) in [6.45, 7) is 17.8. The van der Waals surface area contributed by atoms with Crippen LogP contribution in [-0.2, 0) is 0 Å². The van der Waals surface area contributed by atoms with E-state index in [0.29, 0.717) is 22.6 Å². The van der Waals surface area contributed by atoms with Gasteiger partial charge in [-0.3, -0.25) is 4.79 Å². The predicted molar refractivity (Wildman–Crippen MR) is 145 cm³/mol. The van der Waals surface area contributed by atoms with Crippen molar-refractivity contribution in [1.82, 2.24) is 10.1 Å². The Labute approximate surface area is 217 Å². The van der Waals surface area contributed by atoms with E-state index in [4.69, 9.17) is 9.68 Å². The fourth-order valence-corrected chi connectivity index (χ4v) is 6.24. The van der Waals surface area contributed by atoms with E-state index in [9.17, 15) is 4.79 Å². The molecule has 2 aliphatic rings. The van der Waals surface area contributed by atoms with E-state index in [2.05, 4.69) is 65.5 Å². The number of piperidine rings is 2. The lowest BCUT2D eigenvalue weighted by Crippen LogP contribution is -2.60. The number of ketones is 1. The maximum Gasteiger partial charge on any atom is 0.203 e. The Kier molecular flexibility index (Phi) is 7.04. The van der Waals surface area contributed by atoms with Crippen molar-refractivity contribution >= 4 is 5.78 Å². The van der Waals surface area contributed by atoms with E-state index in [1.54, 1.807) is 0 Å². The highest BCUT2D eigenvalue weighted by Crippen LogP contribution is 2.45. The van der Waals surface area contributed by atoms with Crippen LogP contribution in [0.4, 0.5) is 0 Å². The van der Waals surface area contributed by atoms with E-state index in [0.717, 1.165) is 38.5 Å². The molecule has 0 radical (unpaired) electrons. The fourth-order valence-electron chi connectivity index (χ4n) is 6.24. The van der Waals surface area contributed by atoms with Crippen LogP contribution in [-0.4, -0.2) is 38.1 Å². The highest BCUT2D eigenvalue weighted by molar-refractivity contribution is 6.11. The Balaban J connectivity index is 1.82. The lowest BCUT2D eigenvalue weighted by Gasteiger charge is -2.52. The van der Waals surface area contributed by atoms with Crippen molar-refractivity contribution in [3.05, 3.63) is 59.7 Å². The van der Waals surface area contributed by atoms with Gasteiger partial charge in [0, 0.05) is 5.56 Å². The molecule has 2 saturated heterocycles. The Bertz CT molecular complexity index is 1060. The number of hydroxylamine groups is 4. The molecule has 5 heteroatoms. The molecule has 2 aliphatic heterocycles. The van der Waals surface area contributed by atoms with Gasteiger partial charge in [0.05, 0.1) is 27.7 Å². The van der Waals surface area contributed by atoms with Crippen molar-refractivity contribution in [2.24, 2.45) is 0 Å². The molecular formula is C31H44N2O3. The molecular weight excluding hydrogens is 448 g/mol. The molecule has 0 unspecified atom stereocenters. The number of benzene rings is 2. The van der Waals surface area contributed by atoms with Gasteiger partial charge in [0.15, 0.2) is 11.5 Å². The molecule has 0 aromatic heterocycles. The second-order valence-corrected chi connectivity index (χ2v) is 13.1. The van der Waals surface area contributed by atoms with E-state index in [1.165, 1.54) is 0 Å². The second kappa shape index (κ2) is 9.50. The third-order valence-electron chi connectivity index (χ3n) is 7.99. The van der Waals surface area contributed by atoms with Gasteiger partial charge in [-0.1, -0.05) is 36.4 Å². The van der Waals surface area contributed by atoms with Gasteiger partial charge in [0.1, 0.15) is 0 Å². The molecule has 0 spiro atoms. The number of hydrogen-bond donors (Lipinski definition) is 0. The zero-order valence-electron chi connectivity index (χ0n) is 23.5. The van der Waals surface area contributed by atoms with Crippen LogP contribution in [0.2, 0.25) is 0 Å². The molecule has 0 N–H and O–H groups in total. The summed E-state index contributed by atoms with van der Waals surface area (Å²) in [5, 5.41) is 4.22. The monoisotopic (exact) mass is 492 g/mol. The van der Waals surface area contributed by atoms with E-state index >= 15 is 0 Å². The molecule has 2 aromatic carbocycles. The number of carbonyl (C=O) groups is 1. The Morgan fingerprint density at radius 3 is 1.61 bits per heavy atom. The summed E-state index contributed by atoms with van der Waals surface area (Å²) in [6, 6.07) is 15.1. The summed E-state index contributed by atoms with van der Waals surface area (Å²) in [6.07, 6.45) is 6.43. The average molecular weight is 493 g/mol. The molecule has 2 fully saturated rings. The van der Waals surface area contributed by atoms with Crippen LogP contribution in [0.5, 0.6) is 11.5 Å². The molecule has 0 amide bonds. The van der Waals surface area contributed by atoms with Gasteiger partial charge in [0.2, 0.25) is 5.75 Å². The maximum atomic E-state index is 13.8. The topological polar surface area (TPSA) is 42.0 Å². The summed E-state index contributed by atoms with van der Waals surface area (Å²) in [7, 11) is 0. The summed E-state index contributed by atoms with van der Waals surface area (Å²) in [5.41, 5.74) is 0.473. The lowest BCUT2D eigenvalue weighted by molar-refractivity contribution is -0.232. The molecule has 0 atom stereocenters. The van der Waals surface area contributed by atoms with Crippen molar-refractivity contribution in [2.45, 2.75) is 116 Å². The maximum absolute atomic E-state index is 13.8. The molecule has 36 heavy (non-hydrogen) atoms. The first-order chi connectivity index (χ1) is 16.7. The van der Waals surface area contributed by atoms with Crippen molar-refractivity contribution in [3.63, 3.8) is 0 Å². The zero-order chi connectivity index (χ0) is 26.4. The van der Waals surface area contributed by atoms with Gasteiger partial charge in [-0.25, -0.2) is 0 Å². The SMILES string of the molecule is CC1(C)CCCC(C)(C)N1Oc1cccc(C(=O)c2ccccc2)c1ON1C(C)(C)CCCC1(C)C. The van der Waals surface area contributed by atoms with Gasteiger partial charge in [0.25, 0.3) is 0 Å². The molecule has 0 aliphatic carbocycles. The lowest BCUT2D eigenvalue weighted by atomic mass is 9.82. The van der Waals surface area contributed by atoms with Crippen molar-refractivity contribution in [1.29, 1.82) is 0 Å². The van der Waals surface area contributed by atoms with Crippen LogP contribution in [0.1, 0.15) is 110 Å². The minimum Gasteiger partial charge on any atom is -0.401 e. The smallest absolute Gasteiger partial charge is 0.203 e. The van der Waals surface area contributed by atoms with Gasteiger partial charge < -0.3 is 9.68 Å². The van der Waals surface area contributed by atoms with Crippen LogP contribution < -0.4 is 9.68 Å². The highest BCUT2D eigenvalue weighted by Gasteiger charge is 2.46. The normalized spacial score (nSPS) is 23.1. The minimum absolute atomic E-state index is 0.0687. The fraction of sp³-hybridized carbons (Fsp3) is 0.581. The van der Waals surface area contributed by atoms with E-state index in [-0.39, 0.29) is 27.9 Å². The van der Waals surface area contributed by atoms with Crippen LogP contribution >= 0.6 is 0 Å². The minimum atomic E-state index is -0.189. The predicted octanol–water partition coefficient (Wildman–Crippen LogP) is 7.59. The number of para-hydroxylation sites is 1. The first kappa shape index (κ1) is 26.7. The molecule has 4 rings (SSSR count). The van der Waals surface area contributed by atoms with E-state index < -0.39 is 0 Å². The number of rotatable bonds is 6. The van der Waals surface area contributed by atoms with Crippen molar-refractivity contribution in [2.75, 3.05) is 0 Å². The molecule has 5 nitrogen and oxygen atoms in total. The van der Waals surface area contributed by atoms with Crippen LogP contribution in [0, 0.1) is 0 Å². The van der Waals surface area contributed by atoms with Crippen molar-refractivity contribution < 1.29 is 14.5 Å². The number of hydrogen-bond acceptors (Lipinski definition) is 5. The third kappa shape index (κ3) is 5.19. The summed E-state index contributed by atoms with van der Waals surface area (Å²) in [4.78, 5) is 27.3. The van der Waals surface area contributed by atoms with Crippen molar-refractivity contribution in [3.8, 4) is 11.5 Å². The first-order valence-electron chi connectivity index (χ1n) is 13.4. The first-order valence-corrected chi connectivity index (χ1v) is 13.4. The molecule has 2 heterocycles. The summed E-state index contributed by atoms with van der Waals surface area (Å²) < 4.78 is 0. The number of carbonyl (C=O) groups excluding carboxylic acids is 1. The molecule has 2 aromatic rings. The summed E-state index contributed by atoms with van der Waals surface area (Å²) >= 11 is 0. The third-order valence-corrected chi connectivity index (χ3v) is 7.99. The molecule has 0 saturated carbocycles. The van der Waals surface area contributed by atoms with E-state index in [1.807, 2.05) is 48.5 Å². The van der Waals surface area contributed by atoms with Crippen LogP contribution in [0.25, 0.3) is 0 Å². The standard InChI is InChI=1S/C31H44N2O3/c1-28(2)19-13-20-29(3,4)32(28)35-25-18-12-17-24(26(34)23-15-10-9-11-16-23)27(25)36-33-30(5,6)21-14-22-31(33,7)8/h9-12,15-18H,13-14,19-22H2,1-8H3. The van der Waals surface area contributed by atoms with Gasteiger partial charge in [-0.15, -0.1) is 10.1 Å². The molecule has 0 bridgehead atoms. The summed E-state index contributed by atoms with van der Waals surface area (Å²) in [5.74, 6) is 1.00. The second-order valence-electron chi connectivity index (χ2n) is 13.1. The Morgan fingerprint density at radius 2 is 1.11 bits per heavy atom. The Morgan fingerprint density at radius 1 is 0.639 bits per heavy atom. The van der Waals surface area contributed by atoms with Crippen LogP contribution in [0.15, 0.2) is 48.5 Å². The van der Waals surface area contributed by atoms with Gasteiger partial charge in [-0.2, -0.15) is 0 Å². The molecule has 196 valence electrons. The largest absolute Gasteiger partial charge is 0.401 e. The number of nitrogens with zero attached hydrogens (tertiary/aromatic N) is 2. The highest BCUT2D eigenvalue weighted by atomic mass is 16.7. The van der Waals surface area contributed by atoms with Gasteiger partial charge in [-0.05, 0) is 106 Å². The zero-order valence-corrected chi connectivity index (χ0v) is 23.5. The quantitative estimate of drug-likeness (QED) is 0.389. The average Bonchev–Trinajstić information content (AvgIpc) is 2.78. The van der Waals surface area contributed by atoms with Crippen LogP contribution in [0.3, 0.4) is 0 Å². The Hall–Kier alpha value is -2.37. The van der Waals surface area contributed by atoms with Gasteiger partial charge >= 0.3 is 0 Å².